The van der Waals surface area contributed by atoms with Crippen molar-refractivity contribution >= 4 is 35.0 Å². The Kier molecular flexibility index (Phi) is 6.76. The quantitative estimate of drug-likeness (QED) is 0.208. The normalized spacial score (nSPS) is 43.7. The Morgan fingerprint density at radius 2 is 1.89 bits per heavy atom. The van der Waals surface area contributed by atoms with Crippen molar-refractivity contribution < 1.29 is 43.2 Å². The molecule has 11 atom stereocenters. The molecule has 0 unspecified atom stereocenters. The lowest BCUT2D eigenvalue weighted by atomic mass is 9.42. The first-order valence-corrected chi connectivity index (χ1v) is 16.7. The van der Waals surface area contributed by atoms with Gasteiger partial charge in [0.05, 0.1) is 11.5 Å². The number of cyclic esters (lactones) is 1. The number of allylic oxidation sites excluding steroid dienone is 1. The van der Waals surface area contributed by atoms with Crippen LogP contribution < -0.4 is 0 Å². The van der Waals surface area contributed by atoms with Crippen LogP contribution >= 0.6 is 11.3 Å². The predicted molar refractivity (Wildman–Crippen MR) is 163 cm³/mol. The van der Waals surface area contributed by atoms with Crippen molar-refractivity contribution in [2.45, 2.75) is 103 Å². The zero-order chi connectivity index (χ0) is 32.3. The number of carbonyl (C=O) groups is 4. The molecule has 10 heteroatoms. The second-order valence-corrected chi connectivity index (χ2v) is 15.2. The molecular formula is C35H40O9S. The summed E-state index contributed by atoms with van der Waals surface area (Å²) in [6, 6.07) is 3.49. The summed E-state index contributed by atoms with van der Waals surface area (Å²) in [4.78, 5) is 52.6. The zero-order valence-electron chi connectivity index (χ0n) is 26.5. The number of carbonyl (C=O) groups excluding carboxylic acids is 4. The second-order valence-electron chi connectivity index (χ2n) is 14.3. The van der Waals surface area contributed by atoms with Crippen molar-refractivity contribution in [3.8, 4) is 0 Å². The number of rotatable bonds is 5. The molecule has 0 aromatic carbocycles. The highest BCUT2D eigenvalue weighted by molar-refractivity contribution is 7.11. The molecule has 7 rings (SSSR count). The van der Waals surface area contributed by atoms with Crippen LogP contribution in [0.5, 0.6) is 0 Å². The van der Waals surface area contributed by atoms with Gasteiger partial charge >= 0.3 is 17.9 Å². The molecule has 2 aliphatic heterocycles. The Balaban J connectivity index is 1.25. The van der Waals surface area contributed by atoms with Crippen LogP contribution in [0.3, 0.4) is 0 Å². The minimum Gasteiger partial charge on any atom is -0.458 e. The number of esters is 3. The van der Waals surface area contributed by atoms with E-state index >= 15 is 0 Å². The van der Waals surface area contributed by atoms with E-state index < -0.39 is 64.3 Å². The average molecular weight is 637 g/mol. The number of ketones is 1. The van der Waals surface area contributed by atoms with Gasteiger partial charge in [-0.2, -0.15) is 0 Å². The van der Waals surface area contributed by atoms with Crippen LogP contribution in [0.1, 0.15) is 76.9 Å². The first kappa shape index (κ1) is 30.6. The molecular weight excluding hydrogens is 596 g/mol. The number of epoxide rings is 1. The van der Waals surface area contributed by atoms with E-state index in [-0.39, 0.29) is 23.6 Å². The smallest absolute Gasteiger partial charge is 0.348 e. The van der Waals surface area contributed by atoms with Crippen molar-refractivity contribution in [2.75, 3.05) is 0 Å². The summed E-state index contributed by atoms with van der Waals surface area (Å²) in [6.45, 7) is 10.9. The second kappa shape index (κ2) is 9.96. The third-order valence-corrected chi connectivity index (χ3v) is 13.3. The highest BCUT2D eigenvalue weighted by Gasteiger charge is 2.83. The van der Waals surface area contributed by atoms with Gasteiger partial charge in [-0.25, -0.2) is 9.59 Å². The molecule has 1 aromatic heterocycles. The fourth-order valence-corrected chi connectivity index (χ4v) is 10.4. The maximum absolute atomic E-state index is 14.0. The van der Waals surface area contributed by atoms with E-state index in [1.165, 1.54) is 24.3 Å². The van der Waals surface area contributed by atoms with Gasteiger partial charge in [0, 0.05) is 30.3 Å². The molecule has 1 N–H and O–H groups in total. The Morgan fingerprint density at radius 1 is 1.13 bits per heavy atom. The maximum atomic E-state index is 14.0. The maximum Gasteiger partial charge on any atom is 0.348 e. The lowest BCUT2D eigenvalue weighted by Gasteiger charge is -2.61. The third kappa shape index (κ3) is 3.91. The standard InChI is InChI=1S/C35H40O9S/c1-17-14-24(42-30(38)18(17)2)19(3)22-15-28(41-20(4)36)34(40)23-16-29-35(44-29)27(43-31(39)25-8-7-13-45-25)10-9-26(37)33(35,6)21(23)11-12-32(22,34)5/h7-10,13,15,19,21,23-24,27-29,40H,11-12,14,16H2,1-6H3/t19-,21-,23+,24+,27-,28-,29+,32+,33-,34-,35+/m0/s1. The summed E-state index contributed by atoms with van der Waals surface area (Å²) in [5.74, 6) is -2.49. The monoisotopic (exact) mass is 636 g/mol. The molecule has 45 heavy (non-hydrogen) atoms. The summed E-state index contributed by atoms with van der Waals surface area (Å²) >= 11 is 1.29. The number of hydrogen-bond donors (Lipinski definition) is 1. The molecule has 1 aromatic rings. The minimum absolute atomic E-state index is 0.120. The van der Waals surface area contributed by atoms with Gasteiger partial charge in [-0.15, -0.1) is 11.3 Å². The fraction of sp³-hybridized carbons (Fsp3) is 0.600. The van der Waals surface area contributed by atoms with Crippen LogP contribution in [0, 0.1) is 28.6 Å². The van der Waals surface area contributed by atoms with E-state index in [2.05, 4.69) is 0 Å². The molecule has 240 valence electrons. The minimum atomic E-state index is -1.55. The third-order valence-electron chi connectivity index (χ3n) is 12.4. The highest BCUT2D eigenvalue weighted by atomic mass is 32.1. The van der Waals surface area contributed by atoms with Crippen LogP contribution in [0.4, 0.5) is 0 Å². The Hall–Kier alpha value is -3.08. The van der Waals surface area contributed by atoms with Gasteiger partial charge in [-0.3, -0.25) is 9.59 Å². The van der Waals surface area contributed by atoms with Gasteiger partial charge in [0.25, 0.3) is 0 Å². The van der Waals surface area contributed by atoms with Gasteiger partial charge in [0.15, 0.2) is 11.9 Å². The van der Waals surface area contributed by atoms with Crippen molar-refractivity contribution in [1.82, 2.24) is 0 Å². The summed E-state index contributed by atoms with van der Waals surface area (Å²) in [6.07, 6.45) is 4.53. The van der Waals surface area contributed by atoms with E-state index in [4.69, 9.17) is 18.9 Å². The summed E-state index contributed by atoms with van der Waals surface area (Å²) < 4.78 is 24.2. The Bertz CT molecular complexity index is 1590. The summed E-state index contributed by atoms with van der Waals surface area (Å²) in [5.41, 5.74) is -1.99. The molecule has 1 saturated heterocycles. The molecule has 9 nitrogen and oxygen atoms in total. The summed E-state index contributed by atoms with van der Waals surface area (Å²) in [7, 11) is 0. The topological polar surface area (TPSA) is 129 Å². The predicted octanol–water partition coefficient (Wildman–Crippen LogP) is 4.88. The van der Waals surface area contributed by atoms with E-state index in [0.29, 0.717) is 36.1 Å². The van der Waals surface area contributed by atoms with Crippen molar-refractivity contribution in [3.05, 3.63) is 57.3 Å². The van der Waals surface area contributed by atoms with Crippen LogP contribution in [0.15, 0.2) is 52.5 Å². The first-order chi connectivity index (χ1) is 21.2. The number of aliphatic hydroxyl groups is 1. The molecule has 3 fully saturated rings. The van der Waals surface area contributed by atoms with Gasteiger partial charge in [0.1, 0.15) is 28.3 Å². The van der Waals surface area contributed by atoms with Crippen LogP contribution in [-0.4, -0.2) is 64.4 Å². The molecule has 3 heterocycles. The molecule has 4 aliphatic carbocycles. The molecule has 2 saturated carbocycles. The van der Waals surface area contributed by atoms with Gasteiger partial charge in [0.2, 0.25) is 0 Å². The van der Waals surface area contributed by atoms with Gasteiger partial charge in [-0.1, -0.05) is 31.1 Å². The van der Waals surface area contributed by atoms with E-state index in [0.717, 1.165) is 11.1 Å². The average Bonchev–Trinajstić information content (AvgIpc) is 3.35. The van der Waals surface area contributed by atoms with Crippen LogP contribution in [0.25, 0.3) is 0 Å². The molecule has 1 spiro atoms. The van der Waals surface area contributed by atoms with Crippen LogP contribution in [-0.2, 0) is 33.3 Å². The highest BCUT2D eigenvalue weighted by Crippen LogP contribution is 2.74. The lowest BCUT2D eigenvalue weighted by Crippen LogP contribution is -2.70. The fourth-order valence-electron chi connectivity index (χ4n) is 9.81. The number of thiophene rings is 1. The molecule has 0 radical (unpaired) electrons. The molecule has 6 aliphatic rings. The Labute approximate surface area is 266 Å². The summed E-state index contributed by atoms with van der Waals surface area (Å²) in [5, 5.41) is 14.9. The Morgan fingerprint density at radius 3 is 2.56 bits per heavy atom. The number of fused-ring (bicyclic) bond motifs is 4. The van der Waals surface area contributed by atoms with Gasteiger partial charge in [-0.05, 0) is 81.5 Å². The first-order valence-electron chi connectivity index (χ1n) is 15.8. The number of ether oxygens (including phenoxy) is 4. The zero-order valence-corrected chi connectivity index (χ0v) is 27.3. The lowest BCUT2D eigenvalue weighted by molar-refractivity contribution is -0.224. The van der Waals surface area contributed by atoms with Crippen molar-refractivity contribution in [1.29, 1.82) is 0 Å². The van der Waals surface area contributed by atoms with Crippen molar-refractivity contribution in [2.24, 2.45) is 28.6 Å². The van der Waals surface area contributed by atoms with Gasteiger partial charge < -0.3 is 24.1 Å². The largest absolute Gasteiger partial charge is 0.458 e. The number of hydrogen-bond acceptors (Lipinski definition) is 10. The van der Waals surface area contributed by atoms with Crippen LogP contribution in [0.2, 0.25) is 0 Å². The van der Waals surface area contributed by atoms with E-state index in [9.17, 15) is 24.3 Å². The van der Waals surface area contributed by atoms with E-state index in [1.807, 2.05) is 39.2 Å². The molecule has 0 bridgehead atoms. The SMILES string of the molecule is CC(=O)O[C@H]1C=C([C@H](C)[C@H]2CC(C)=C(C)C(=O)O2)[C@@]2(C)CC[C@H]3[C@@H](C[C@H]4O[C@]45[C@@H](OC(=O)c4cccs4)C=CC(=O)[C@]35C)[C@]12O. The van der Waals surface area contributed by atoms with E-state index in [1.54, 1.807) is 25.1 Å². The van der Waals surface area contributed by atoms with Crippen molar-refractivity contribution in [3.63, 3.8) is 0 Å². The molecule has 0 amide bonds.